The molecule has 25 heavy (non-hydrogen) atoms. The van der Waals surface area contributed by atoms with Gasteiger partial charge in [-0.05, 0) is 25.8 Å². The molecule has 0 aliphatic heterocycles. The number of ether oxygens (including phenoxy) is 4. The first-order valence-electron chi connectivity index (χ1n) is 8.56. The second-order valence-electron chi connectivity index (χ2n) is 5.55. The Morgan fingerprint density at radius 1 is 0.800 bits per heavy atom. The van der Waals surface area contributed by atoms with Crippen molar-refractivity contribution in [3.05, 3.63) is 17.7 Å². The fourth-order valence-electron chi connectivity index (χ4n) is 2.52. The molecule has 0 amide bonds. The van der Waals surface area contributed by atoms with Gasteiger partial charge in [-0.15, -0.1) is 0 Å². The van der Waals surface area contributed by atoms with Crippen molar-refractivity contribution in [1.82, 2.24) is 0 Å². The highest BCUT2D eigenvalue weighted by Gasteiger charge is 2.17. The molecule has 140 valence electrons. The number of unbranched alkanes of at least 4 members (excludes halogenated alkanes) is 3. The molecule has 6 nitrogen and oxygen atoms in total. The third-order valence-electron chi connectivity index (χ3n) is 3.85. The summed E-state index contributed by atoms with van der Waals surface area (Å²) in [5.41, 5.74) is 0.492. The maximum Gasteiger partial charge on any atom is 0.305 e. The molecule has 0 spiro atoms. The smallest absolute Gasteiger partial charge is 0.305 e. The van der Waals surface area contributed by atoms with Crippen LogP contribution in [0.2, 0.25) is 0 Å². The Hall–Kier alpha value is -2.24. The Morgan fingerprint density at radius 3 is 1.92 bits per heavy atom. The summed E-state index contributed by atoms with van der Waals surface area (Å²) in [7, 11) is 4.59. The number of rotatable bonds is 12. The van der Waals surface area contributed by atoms with Gasteiger partial charge in [-0.1, -0.05) is 12.8 Å². The third-order valence-corrected chi connectivity index (χ3v) is 3.85. The van der Waals surface area contributed by atoms with Crippen LogP contribution in [0.25, 0.3) is 0 Å². The fraction of sp³-hybridized carbons (Fsp3) is 0.579. The molecular weight excluding hydrogens is 324 g/mol. The van der Waals surface area contributed by atoms with Gasteiger partial charge in [-0.3, -0.25) is 9.59 Å². The molecule has 0 saturated heterocycles. The van der Waals surface area contributed by atoms with Gasteiger partial charge in [-0.25, -0.2) is 0 Å². The standard InChI is InChI=1S/C19H28O6/c1-5-25-19(21)11-9-7-6-8-10-15(20)14-12-17(23-3)18(24-4)13-16(14)22-2/h12-13H,5-11H2,1-4H3. The lowest BCUT2D eigenvalue weighted by Gasteiger charge is -2.13. The Bertz CT molecular complexity index is 567. The zero-order valence-corrected chi connectivity index (χ0v) is 15.6. The van der Waals surface area contributed by atoms with Crippen molar-refractivity contribution in [1.29, 1.82) is 0 Å². The highest BCUT2D eigenvalue weighted by molar-refractivity contribution is 5.99. The summed E-state index contributed by atoms with van der Waals surface area (Å²) < 4.78 is 20.6. The van der Waals surface area contributed by atoms with Crippen molar-refractivity contribution in [2.45, 2.75) is 45.4 Å². The van der Waals surface area contributed by atoms with E-state index in [2.05, 4.69) is 0 Å². The molecule has 1 aromatic carbocycles. The summed E-state index contributed by atoms with van der Waals surface area (Å²) in [6.45, 7) is 2.21. The molecule has 0 aliphatic rings. The van der Waals surface area contributed by atoms with Gasteiger partial charge < -0.3 is 18.9 Å². The molecule has 0 aromatic heterocycles. The van der Waals surface area contributed by atoms with Crippen LogP contribution in [0.5, 0.6) is 17.2 Å². The van der Waals surface area contributed by atoms with Gasteiger partial charge in [-0.2, -0.15) is 0 Å². The van der Waals surface area contributed by atoms with Crippen LogP contribution in [0, 0.1) is 0 Å². The van der Waals surface area contributed by atoms with Crippen LogP contribution < -0.4 is 14.2 Å². The summed E-state index contributed by atoms with van der Waals surface area (Å²) in [6.07, 6.45) is 4.19. The number of Topliss-reactive ketones (excluding diaryl/α,β-unsaturated/α-hetero) is 1. The number of hydrogen-bond acceptors (Lipinski definition) is 6. The lowest BCUT2D eigenvalue weighted by molar-refractivity contribution is -0.143. The van der Waals surface area contributed by atoms with Crippen molar-refractivity contribution in [3.63, 3.8) is 0 Å². The van der Waals surface area contributed by atoms with Gasteiger partial charge in [0.1, 0.15) is 5.75 Å². The maximum absolute atomic E-state index is 12.5. The van der Waals surface area contributed by atoms with E-state index in [9.17, 15) is 9.59 Å². The van der Waals surface area contributed by atoms with Crippen molar-refractivity contribution < 1.29 is 28.5 Å². The van der Waals surface area contributed by atoms with Crippen LogP contribution in [-0.4, -0.2) is 39.7 Å². The van der Waals surface area contributed by atoms with Crippen LogP contribution in [0.4, 0.5) is 0 Å². The summed E-state index contributed by atoms with van der Waals surface area (Å²) in [5.74, 6) is 1.35. The van der Waals surface area contributed by atoms with Crippen LogP contribution in [-0.2, 0) is 9.53 Å². The Balaban J connectivity index is 2.50. The molecule has 6 heteroatoms. The van der Waals surface area contributed by atoms with Gasteiger partial charge in [0.2, 0.25) is 0 Å². The highest BCUT2D eigenvalue weighted by Crippen LogP contribution is 2.35. The van der Waals surface area contributed by atoms with E-state index in [-0.39, 0.29) is 11.8 Å². The van der Waals surface area contributed by atoms with Crippen LogP contribution in [0.1, 0.15) is 55.8 Å². The average Bonchev–Trinajstić information content (AvgIpc) is 2.63. The molecule has 0 N–H and O–H groups in total. The lowest BCUT2D eigenvalue weighted by Crippen LogP contribution is -2.05. The second kappa shape index (κ2) is 11.3. The largest absolute Gasteiger partial charge is 0.496 e. The predicted molar refractivity (Wildman–Crippen MR) is 94.8 cm³/mol. The number of esters is 1. The van der Waals surface area contributed by atoms with Gasteiger partial charge in [0.25, 0.3) is 0 Å². The Kier molecular flexibility index (Phi) is 9.43. The Labute approximate surface area is 149 Å². The number of carbonyl (C=O) groups excluding carboxylic acids is 2. The van der Waals surface area contributed by atoms with Crippen LogP contribution in [0.3, 0.4) is 0 Å². The normalized spacial score (nSPS) is 10.2. The van der Waals surface area contributed by atoms with Crippen molar-refractivity contribution in [2.24, 2.45) is 0 Å². The summed E-state index contributed by atoms with van der Waals surface area (Å²) in [4.78, 5) is 23.7. The maximum atomic E-state index is 12.5. The number of carbonyl (C=O) groups is 2. The molecule has 0 radical (unpaired) electrons. The topological polar surface area (TPSA) is 71.1 Å². The van der Waals surface area contributed by atoms with Crippen molar-refractivity contribution in [2.75, 3.05) is 27.9 Å². The number of ketones is 1. The zero-order chi connectivity index (χ0) is 18.7. The molecule has 0 unspecified atom stereocenters. The van der Waals surface area contributed by atoms with E-state index in [0.29, 0.717) is 42.3 Å². The zero-order valence-electron chi connectivity index (χ0n) is 15.6. The molecule has 0 aliphatic carbocycles. The van der Waals surface area contributed by atoms with Gasteiger partial charge >= 0.3 is 5.97 Å². The first-order chi connectivity index (χ1) is 12.1. The average molecular weight is 352 g/mol. The Morgan fingerprint density at radius 2 is 1.36 bits per heavy atom. The van der Waals surface area contributed by atoms with E-state index in [0.717, 1.165) is 25.7 Å². The van der Waals surface area contributed by atoms with E-state index in [1.54, 1.807) is 19.1 Å². The molecule has 0 fully saturated rings. The van der Waals surface area contributed by atoms with E-state index >= 15 is 0 Å². The van der Waals surface area contributed by atoms with Gasteiger partial charge in [0, 0.05) is 18.9 Å². The van der Waals surface area contributed by atoms with Gasteiger partial charge in [0.15, 0.2) is 17.3 Å². The summed E-state index contributed by atoms with van der Waals surface area (Å²) >= 11 is 0. The van der Waals surface area contributed by atoms with E-state index in [4.69, 9.17) is 18.9 Å². The SMILES string of the molecule is CCOC(=O)CCCCCCC(=O)c1cc(OC)c(OC)cc1OC. The molecule has 1 aromatic rings. The molecule has 0 saturated carbocycles. The fourth-order valence-corrected chi connectivity index (χ4v) is 2.52. The molecular formula is C19H28O6. The number of hydrogen-bond donors (Lipinski definition) is 0. The molecule has 1 rings (SSSR count). The second-order valence-corrected chi connectivity index (χ2v) is 5.55. The van der Waals surface area contributed by atoms with E-state index in [1.165, 1.54) is 21.3 Å². The first kappa shape index (κ1) is 20.8. The molecule has 0 heterocycles. The van der Waals surface area contributed by atoms with Crippen LogP contribution >= 0.6 is 0 Å². The predicted octanol–water partition coefficient (Wildman–Crippen LogP) is 3.80. The highest BCUT2D eigenvalue weighted by atomic mass is 16.5. The summed E-state index contributed by atoms with van der Waals surface area (Å²) in [5, 5.41) is 0. The van der Waals surface area contributed by atoms with Gasteiger partial charge in [0.05, 0.1) is 33.5 Å². The number of benzene rings is 1. The number of methoxy groups -OCH3 is 3. The quantitative estimate of drug-likeness (QED) is 0.324. The van der Waals surface area contributed by atoms with Crippen molar-refractivity contribution in [3.8, 4) is 17.2 Å². The molecule has 0 atom stereocenters. The monoisotopic (exact) mass is 352 g/mol. The first-order valence-corrected chi connectivity index (χ1v) is 8.56. The minimum absolute atomic E-state index is 0.00296. The third kappa shape index (κ3) is 6.64. The minimum atomic E-state index is -0.159. The summed E-state index contributed by atoms with van der Waals surface area (Å²) in [6, 6.07) is 3.31. The lowest BCUT2D eigenvalue weighted by atomic mass is 10.0. The van der Waals surface area contributed by atoms with E-state index < -0.39 is 0 Å². The van der Waals surface area contributed by atoms with E-state index in [1.807, 2.05) is 0 Å². The molecule has 0 bridgehead atoms. The minimum Gasteiger partial charge on any atom is -0.496 e. The van der Waals surface area contributed by atoms with Crippen LogP contribution in [0.15, 0.2) is 12.1 Å². The van der Waals surface area contributed by atoms with Crippen molar-refractivity contribution >= 4 is 11.8 Å².